The van der Waals surface area contributed by atoms with Crippen molar-refractivity contribution in [3.63, 3.8) is 0 Å². The fraction of sp³-hybridized carbons (Fsp3) is 0.455. The van der Waals surface area contributed by atoms with Crippen LogP contribution in [0.2, 0.25) is 0 Å². The van der Waals surface area contributed by atoms with Crippen LogP contribution in [0.1, 0.15) is 16.1 Å². The molecule has 154 valence electrons. The fourth-order valence-corrected chi connectivity index (χ4v) is 3.95. The summed E-state index contributed by atoms with van der Waals surface area (Å²) in [7, 11) is 0. The van der Waals surface area contributed by atoms with Gasteiger partial charge in [0.15, 0.2) is 5.76 Å². The maximum atomic E-state index is 12.7. The van der Waals surface area contributed by atoms with Crippen LogP contribution < -0.4 is 0 Å². The lowest BCUT2D eigenvalue weighted by molar-refractivity contribution is -0.134. The number of rotatable bonds is 5. The van der Waals surface area contributed by atoms with Crippen molar-refractivity contribution >= 4 is 11.8 Å². The van der Waals surface area contributed by atoms with Gasteiger partial charge in [0.05, 0.1) is 12.8 Å². The minimum absolute atomic E-state index is 0.100. The molecule has 2 aliphatic heterocycles. The fourth-order valence-electron chi connectivity index (χ4n) is 3.95. The highest BCUT2D eigenvalue weighted by atomic mass is 16.3. The van der Waals surface area contributed by atoms with Gasteiger partial charge in [0, 0.05) is 58.9 Å². The summed E-state index contributed by atoms with van der Waals surface area (Å²) < 4.78 is 5.19. The SMILES string of the molecule is O=C(CN1CCN(Cc2ccccc2)CC1)N1CCN(C(=O)c2ccco2)CC1. The zero-order valence-electron chi connectivity index (χ0n) is 16.7. The van der Waals surface area contributed by atoms with Crippen molar-refractivity contribution in [2.75, 3.05) is 58.9 Å². The molecule has 2 fully saturated rings. The first-order valence-corrected chi connectivity index (χ1v) is 10.3. The molecule has 29 heavy (non-hydrogen) atoms. The highest BCUT2D eigenvalue weighted by molar-refractivity contribution is 5.91. The molecule has 2 aromatic rings. The van der Waals surface area contributed by atoms with Crippen LogP contribution in [-0.4, -0.2) is 90.3 Å². The van der Waals surface area contributed by atoms with Gasteiger partial charge in [-0.05, 0) is 17.7 Å². The Morgan fingerprint density at radius 2 is 1.41 bits per heavy atom. The van der Waals surface area contributed by atoms with Gasteiger partial charge in [-0.2, -0.15) is 0 Å². The predicted octanol–water partition coefficient (Wildman–Crippen LogP) is 1.38. The molecule has 2 saturated heterocycles. The first kappa shape index (κ1) is 19.7. The molecule has 3 heterocycles. The molecule has 0 radical (unpaired) electrons. The number of hydrogen-bond acceptors (Lipinski definition) is 5. The first-order chi connectivity index (χ1) is 14.2. The van der Waals surface area contributed by atoms with Crippen molar-refractivity contribution in [3.8, 4) is 0 Å². The second kappa shape index (κ2) is 9.24. The Labute approximate surface area is 171 Å². The molecule has 2 aliphatic rings. The van der Waals surface area contributed by atoms with Crippen molar-refractivity contribution in [3.05, 3.63) is 60.1 Å². The van der Waals surface area contributed by atoms with E-state index in [-0.39, 0.29) is 11.8 Å². The van der Waals surface area contributed by atoms with Gasteiger partial charge >= 0.3 is 0 Å². The van der Waals surface area contributed by atoms with Crippen LogP contribution in [0.3, 0.4) is 0 Å². The van der Waals surface area contributed by atoms with Crippen LogP contribution in [0.25, 0.3) is 0 Å². The molecule has 4 rings (SSSR count). The number of piperazine rings is 2. The van der Waals surface area contributed by atoms with E-state index >= 15 is 0 Å². The van der Waals surface area contributed by atoms with Crippen LogP contribution in [0.15, 0.2) is 53.1 Å². The zero-order chi connectivity index (χ0) is 20.1. The highest BCUT2D eigenvalue weighted by Crippen LogP contribution is 2.11. The number of nitrogens with zero attached hydrogens (tertiary/aromatic N) is 4. The van der Waals surface area contributed by atoms with E-state index < -0.39 is 0 Å². The quantitative estimate of drug-likeness (QED) is 0.764. The molecule has 0 unspecified atom stereocenters. The molecule has 7 nitrogen and oxygen atoms in total. The van der Waals surface area contributed by atoms with E-state index in [1.807, 2.05) is 11.0 Å². The lowest BCUT2D eigenvalue weighted by Gasteiger charge is -2.37. The minimum atomic E-state index is -0.100. The maximum Gasteiger partial charge on any atom is 0.289 e. The summed E-state index contributed by atoms with van der Waals surface area (Å²) in [5.41, 5.74) is 1.33. The van der Waals surface area contributed by atoms with Gasteiger partial charge in [0.1, 0.15) is 0 Å². The van der Waals surface area contributed by atoms with Crippen LogP contribution in [0.5, 0.6) is 0 Å². The Balaban J connectivity index is 1.18. The van der Waals surface area contributed by atoms with Gasteiger partial charge in [-0.15, -0.1) is 0 Å². The summed E-state index contributed by atoms with van der Waals surface area (Å²) in [5.74, 6) is 0.418. The van der Waals surface area contributed by atoms with E-state index in [0.29, 0.717) is 38.5 Å². The Bertz CT molecular complexity index is 793. The van der Waals surface area contributed by atoms with Crippen LogP contribution >= 0.6 is 0 Å². The van der Waals surface area contributed by atoms with Gasteiger partial charge < -0.3 is 14.2 Å². The number of furan rings is 1. The first-order valence-electron chi connectivity index (χ1n) is 10.3. The van der Waals surface area contributed by atoms with Gasteiger partial charge in [-0.1, -0.05) is 30.3 Å². The van der Waals surface area contributed by atoms with Gasteiger partial charge in [0.25, 0.3) is 5.91 Å². The Morgan fingerprint density at radius 1 is 0.759 bits per heavy atom. The van der Waals surface area contributed by atoms with Crippen molar-refractivity contribution in [2.45, 2.75) is 6.54 Å². The second-order valence-electron chi connectivity index (χ2n) is 7.69. The normalized spacial score (nSPS) is 18.8. The standard InChI is InChI=1S/C22H28N4O3/c27-21(25-12-14-26(15-13-25)22(28)20-7-4-16-29-20)18-24-10-8-23(9-11-24)17-19-5-2-1-3-6-19/h1-7,16H,8-15,17-18H2. The van der Waals surface area contributed by atoms with E-state index in [0.717, 1.165) is 32.7 Å². The number of carbonyl (C=O) groups is 2. The molecule has 7 heteroatoms. The zero-order valence-corrected chi connectivity index (χ0v) is 16.7. The summed E-state index contributed by atoms with van der Waals surface area (Å²) in [4.78, 5) is 33.3. The molecule has 0 bridgehead atoms. The summed E-state index contributed by atoms with van der Waals surface area (Å²) in [6.45, 7) is 7.48. The summed E-state index contributed by atoms with van der Waals surface area (Å²) in [6.07, 6.45) is 1.51. The van der Waals surface area contributed by atoms with E-state index in [1.165, 1.54) is 11.8 Å². The monoisotopic (exact) mass is 396 g/mol. The average molecular weight is 396 g/mol. The molecule has 0 N–H and O–H groups in total. The van der Waals surface area contributed by atoms with Crippen molar-refractivity contribution in [1.82, 2.24) is 19.6 Å². The predicted molar refractivity (Wildman–Crippen MR) is 109 cm³/mol. The number of carbonyl (C=O) groups excluding carboxylic acids is 2. The summed E-state index contributed by atoms with van der Waals surface area (Å²) in [5, 5.41) is 0. The third kappa shape index (κ3) is 5.05. The average Bonchev–Trinajstić information content (AvgIpc) is 3.30. The lowest BCUT2D eigenvalue weighted by atomic mass is 10.2. The molecular formula is C22H28N4O3. The van der Waals surface area contributed by atoms with E-state index in [4.69, 9.17) is 4.42 Å². The topological polar surface area (TPSA) is 60.2 Å². The van der Waals surface area contributed by atoms with Gasteiger partial charge in [-0.25, -0.2) is 0 Å². The minimum Gasteiger partial charge on any atom is -0.459 e. The molecule has 0 spiro atoms. The maximum absolute atomic E-state index is 12.7. The van der Waals surface area contributed by atoms with Crippen LogP contribution in [0, 0.1) is 0 Å². The molecule has 1 aromatic carbocycles. The number of hydrogen-bond donors (Lipinski definition) is 0. The highest BCUT2D eigenvalue weighted by Gasteiger charge is 2.27. The van der Waals surface area contributed by atoms with E-state index in [1.54, 1.807) is 17.0 Å². The summed E-state index contributed by atoms with van der Waals surface area (Å²) in [6, 6.07) is 13.9. The van der Waals surface area contributed by atoms with Crippen LogP contribution in [-0.2, 0) is 11.3 Å². The molecule has 0 saturated carbocycles. The largest absolute Gasteiger partial charge is 0.459 e. The van der Waals surface area contributed by atoms with E-state index in [2.05, 4.69) is 34.1 Å². The molecule has 0 aliphatic carbocycles. The smallest absolute Gasteiger partial charge is 0.289 e. The van der Waals surface area contributed by atoms with Gasteiger partial charge in [-0.3, -0.25) is 19.4 Å². The third-order valence-electron chi connectivity index (χ3n) is 5.72. The molecule has 0 atom stereocenters. The third-order valence-corrected chi connectivity index (χ3v) is 5.72. The van der Waals surface area contributed by atoms with Crippen LogP contribution in [0.4, 0.5) is 0 Å². The molecular weight excluding hydrogens is 368 g/mol. The Morgan fingerprint density at radius 3 is 2.07 bits per heavy atom. The number of benzene rings is 1. The van der Waals surface area contributed by atoms with Crippen molar-refractivity contribution in [2.24, 2.45) is 0 Å². The lowest BCUT2D eigenvalue weighted by Crippen LogP contribution is -2.54. The summed E-state index contributed by atoms with van der Waals surface area (Å²) >= 11 is 0. The van der Waals surface area contributed by atoms with Crippen molar-refractivity contribution in [1.29, 1.82) is 0 Å². The number of amides is 2. The molecule has 1 aromatic heterocycles. The Kier molecular flexibility index (Phi) is 6.27. The van der Waals surface area contributed by atoms with E-state index in [9.17, 15) is 9.59 Å². The van der Waals surface area contributed by atoms with Crippen molar-refractivity contribution < 1.29 is 14.0 Å². The molecule has 2 amide bonds. The second-order valence-corrected chi connectivity index (χ2v) is 7.69. The van der Waals surface area contributed by atoms with Gasteiger partial charge in [0.2, 0.25) is 5.91 Å². The Hall–Kier alpha value is -2.64.